The number of rotatable bonds is 27. The van der Waals surface area contributed by atoms with Crippen LogP contribution in [0.15, 0.2) is 72.8 Å². The summed E-state index contributed by atoms with van der Waals surface area (Å²) < 4.78 is 13.4. The number of carbonyl (C=O) groups is 2. The maximum atomic E-state index is 12.8. The summed E-state index contributed by atoms with van der Waals surface area (Å²) in [5.41, 5.74) is 10.7. The Morgan fingerprint density at radius 3 is 1.84 bits per heavy atom. The van der Waals surface area contributed by atoms with Gasteiger partial charge in [0.1, 0.15) is 0 Å². The fourth-order valence-corrected chi connectivity index (χ4v) is 7.37. The highest BCUT2D eigenvalue weighted by Crippen LogP contribution is 2.38. The van der Waals surface area contributed by atoms with Gasteiger partial charge in [-0.1, -0.05) is 133 Å². The third kappa shape index (κ3) is 16.8. The van der Waals surface area contributed by atoms with Gasteiger partial charge in [-0.3, -0.25) is 9.59 Å². The lowest BCUT2D eigenvalue weighted by molar-refractivity contribution is -0.253. The standard InChI is InChI=1S/C47H70N4O5/c1-3-5-7-9-11-18-32-51(33-19-12-10-8-6-4-2)35-41-34-44(38-26-24-37(36-52)25-27-38)56-47(55-41)39-28-30-40(31-29-39)49-45(53)22-14-13-15-23-46(54)50-43-21-17-16-20-42(43)48/h16-17,20-21,24-31,41,44,47,52H,3-15,18-19,22-23,32-36,48H2,1-2H3,(H,49,53)(H,50,54). The van der Waals surface area contributed by atoms with Crippen LogP contribution in [0.4, 0.5) is 17.1 Å². The molecule has 3 unspecified atom stereocenters. The molecule has 0 bridgehead atoms. The molecule has 308 valence electrons. The van der Waals surface area contributed by atoms with Gasteiger partial charge in [0.05, 0.1) is 30.2 Å². The average Bonchev–Trinajstić information content (AvgIpc) is 3.21. The summed E-state index contributed by atoms with van der Waals surface area (Å²) in [6, 6.07) is 23.1. The molecule has 9 nitrogen and oxygen atoms in total. The van der Waals surface area contributed by atoms with Crippen LogP contribution in [-0.4, -0.2) is 47.6 Å². The minimum Gasteiger partial charge on any atom is -0.397 e. The molecule has 0 spiro atoms. The van der Waals surface area contributed by atoms with Crippen LogP contribution in [0.3, 0.4) is 0 Å². The number of hydrogen-bond acceptors (Lipinski definition) is 7. The smallest absolute Gasteiger partial charge is 0.224 e. The summed E-state index contributed by atoms with van der Waals surface area (Å²) >= 11 is 0. The van der Waals surface area contributed by atoms with Crippen molar-refractivity contribution in [1.29, 1.82) is 0 Å². The van der Waals surface area contributed by atoms with Crippen molar-refractivity contribution >= 4 is 28.9 Å². The maximum absolute atomic E-state index is 12.8. The van der Waals surface area contributed by atoms with Gasteiger partial charge in [0, 0.05) is 37.1 Å². The first-order valence-electron chi connectivity index (χ1n) is 21.7. The van der Waals surface area contributed by atoms with Crippen molar-refractivity contribution in [3.63, 3.8) is 0 Å². The molecule has 3 atom stereocenters. The fourth-order valence-electron chi connectivity index (χ4n) is 7.37. The number of ether oxygens (including phenoxy) is 2. The number of hydrogen-bond donors (Lipinski definition) is 4. The largest absolute Gasteiger partial charge is 0.397 e. The third-order valence-electron chi connectivity index (χ3n) is 10.7. The predicted octanol–water partition coefficient (Wildman–Crippen LogP) is 10.9. The van der Waals surface area contributed by atoms with Gasteiger partial charge in [0.2, 0.25) is 11.8 Å². The van der Waals surface area contributed by atoms with E-state index in [1.807, 2.05) is 48.5 Å². The number of nitrogens with two attached hydrogens (primary N) is 1. The Bertz CT molecular complexity index is 1520. The number of carbonyl (C=O) groups excluding carboxylic acids is 2. The zero-order chi connectivity index (χ0) is 39.8. The van der Waals surface area contributed by atoms with Crippen molar-refractivity contribution in [3.05, 3.63) is 89.5 Å². The topological polar surface area (TPSA) is 126 Å². The number of aliphatic hydroxyl groups is 1. The number of aliphatic hydroxyl groups excluding tert-OH is 1. The van der Waals surface area contributed by atoms with E-state index >= 15 is 0 Å². The maximum Gasteiger partial charge on any atom is 0.224 e. The number of nitrogens with zero attached hydrogens (tertiary/aromatic N) is 1. The van der Waals surface area contributed by atoms with E-state index in [1.165, 1.54) is 77.0 Å². The van der Waals surface area contributed by atoms with E-state index in [0.29, 0.717) is 37.1 Å². The molecule has 1 heterocycles. The normalized spacial score (nSPS) is 16.9. The molecule has 0 aromatic heterocycles. The Labute approximate surface area is 337 Å². The lowest BCUT2D eigenvalue weighted by Crippen LogP contribution is -2.40. The van der Waals surface area contributed by atoms with Crippen molar-refractivity contribution in [2.75, 3.05) is 36.0 Å². The Balaban J connectivity index is 1.31. The van der Waals surface area contributed by atoms with Gasteiger partial charge in [-0.05, 0) is 74.2 Å². The van der Waals surface area contributed by atoms with Gasteiger partial charge in [-0.25, -0.2) is 0 Å². The fraction of sp³-hybridized carbons (Fsp3) is 0.574. The Kier molecular flexibility index (Phi) is 21.0. The van der Waals surface area contributed by atoms with Crippen LogP contribution in [0.1, 0.15) is 159 Å². The van der Waals surface area contributed by atoms with E-state index in [9.17, 15) is 14.7 Å². The summed E-state index contributed by atoms with van der Waals surface area (Å²) in [4.78, 5) is 27.7. The molecular weight excluding hydrogens is 701 g/mol. The number of nitrogen functional groups attached to an aromatic ring is 1. The molecule has 1 fully saturated rings. The molecule has 4 rings (SSSR count). The van der Waals surface area contributed by atoms with Gasteiger partial charge in [0.25, 0.3) is 0 Å². The van der Waals surface area contributed by atoms with Crippen LogP contribution in [0.25, 0.3) is 0 Å². The first-order valence-corrected chi connectivity index (χ1v) is 21.7. The SMILES string of the molecule is CCCCCCCCN(CCCCCCCC)CC1CC(c2ccc(CO)cc2)OC(c2ccc(NC(=O)CCCCCC(=O)Nc3ccccc3N)cc2)O1. The number of para-hydroxylation sites is 2. The molecule has 3 aromatic rings. The Morgan fingerprint density at radius 2 is 1.23 bits per heavy atom. The molecule has 2 amide bonds. The highest BCUT2D eigenvalue weighted by molar-refractivity contribution is 5.93. The van der Waals surface area contributed by atoms with Crippen LogP contribution < -0.4 is 16.4 Å². The molecule has 0 saturated carbocycles. The molecular formula is C47H70N4O5. The van der Waals surface area contributed by atoms with Crippen LogP contribution in [-0.2, 0) is 25.7 Å². The monoisotopic (exact) mass is 771 g/mol. The van der Waals surface area contributed by atoms with E-state index in [-0.39, 0.29) is 30.6 Å². The van der Waals surface area contributed by atoms with Gasteiger partial charge < -0.3 is 35.8 Å². The van der Waals surface area contributed by atoms with E-state index in [0.717, 1.165) is 54.9 Å². The zero-order valence-electron chi connectivity index (χ0n) is 34.3. The molecule has 0 aliphatic carbocycles. The van der Waals surface area contributed by atoms with Crippen molar-refractivity contribution < 1.29 is 24.2 Å². The van der Waals surface area contributed by atoms with Gasteiger partial charge in [-0.15, -0.1) is 0 Å². The molecule has 0 radical (unpaired) electrons. The van der Waals surface area contributed by atoms with E-state index in [2.05, 4.69) is 41.5 Å². The second-order valence-electron chi connectivity index (χ2n) is 15.6. The first-order chi connectivity index (χ1) is 27.4. The Morgan fingerprint density at radius 1 is 0.679 bits per heavy atom. The minimum absolute atomic E-state index is 0.00150. The molecule has 5 N–H and O–H groups in total. The lowest BCUT2D eigenvalue weighted by Gasteiger charge is -2.38. The second kappa shape index (κ2) is 26.2. The van der Waals surface area contributed by atoms with Gasteiger partial charge >= 0.3 is 0 Å². The number of anilines is 3. The highest BCUT2D eigenvalue weighted by Gasteiger charge is 2.33. The first kappa shape index (κ1) is 44.9. The quantitative estimate of drug-likeness (QED) is 0.0449. The summed E-state index contributed by atoms with van der Waals surface area (Å²) in [6.45, 7) is 7.61. The molecule has 1 saturated heterocycles. The predicted molar refractivity (Wildman–Crippen MR) is 229 cm³/mol. The van der Waals surface area contributed by atoms with Crippen LogP contribution in [0.2, 0.25) is 0 Å². The van der Waals surface area contributed by atoms with E-state index in [4.69, 9.17) is 15.2 Å². The van der Waals surface area contributed by atoms with Gasteiger partial charge in [0.15, 0.2) is 6.29 Å². The molecule has 1 aliphatic rings. The van der Waals surface area contributed by atoms with Crippen LogP contribution >= 0.6 is 0 Å². The summed E-state index contributed by atoms with van der Waals surface area (Å²) in [5, 5.41) is 15.5. The van der Waals surface area contributed by atoms with Crippen molar-refractivity contribution in [2.45, 2.75) is 155 Å². The summed E-state index contributed by atoms with van der Waals surface area (Å²) in [5.74, 6) is -0.124. The Hall–Kier alpha value is -3.76. The molecule has 1 aliphatic heterocycles. The van der Waals surface area contributed by atoms with Crippen LogP contribution in [0.5, 0.6) is 0 Å². The van der Waals surface area contributed by atoms with E-state index < -0.39 is 6.29 Å². The summed E-state index contributed by atoms with van der Waals surface area (Å²) in [7, 11) is 0. The minimum atomic E-state index is -0.540. The van der Waals surface area contributed by atoms with Crippen LogP contribution in [0, 0.1) is 0 Å². The second-order valence-corrected chi connectivity index (χ2v) is 15.6. The van der Waals surface area contributed by atoms with Crippen molar-refractivity contribution in [2.24, 2.45) is 0 Å². The molecule has 3 aromatic carbocycles. The number of amides is 2. The van der Waals surface area contributed by atoms with Crippen molar-refractivity contribution in [1.82, 2.24) is 4.90 Å². The zero-order valence-corrected chi connectivity index (χ0v) is 34.3. The number of benzene rings is 3. The third-order valence-corrected chi connectivity index (χ3v) is 10.7. The summed E-state index contributed by atoms with van der Waals surface area (Å²) in [6.07, 6.45) is 18.5. The van der Waals surface area contributed by atoms with Gasteiger partial charge in [-0.2, -0.15) is 0 Å². The number of nitrogens with one attached hydrogen (secondary N) is 2. The number of unbranched alkanes of at least 4 members (excludes halogenated alkanes) is 12. The molecule has 9 heteroatoms. The molecule has 56 heavy (non-hydrogen) atoms. The highest BCUT2D eigenvalue weighted by atomic mass is 16.7. The average molecular weight is 771 g/mol. The lowest BCUT2D eigenvalue weighted by atomic mass is 9.99. The van der Waals surface area contributed by atoms with E-state index in [1.54, 1.807) is 12.1 Å². The van der Waals surface area contributed by atoms with Crippen molar-refractivity contribution in [3.8, 4) is 0 Å².